The van der Waals surface area contributed by atoms with Gasteiger partial charge in [-0.15, -0.1) is 0 Å². The van der Waals surface area contributed by atoms with Crippen molar-refractivity contribution in [1.29, 1.82) is 0 Å². The first-order valence-corrected chi connectivity index (χ1v) is 7.36. The molecule has 2 aromatic carbocycles. The van der Waals surface area contributed by atoms with Gasteiger partial charge in [-0.05, 0) is 41.8 Å². The van der Waals surface area contributed by atoms with Crippen molar-refractivity contribution >= 4 is 11.6 Å². The predicted molar refractivity (Wildman–Crippen MR) is 82.3 cm³/mol. The third-order valence-corrected chi connectivity index (χ3v) is 4.01. The Balaban J connectivity index is 1.92. The van der Waals surface area contributed by atoms with Crippen LogP contribution >= 0.6 is 11.6 Å². The number of halogens is 1. The molecular formula is C17H17ClO3. The fourth-order valence-electron chi connectivity index (χ4n) is 2.32. The van der Waals surface area contributed by atoms with Gasteiger partial charge in [0.15, 0.2) is 11.5 Å². The van der Waals surface area contributed by atoms with E-state index in [0.717, 1.165) is 28.9 Å². The maximum atomic E-state index is 10.5. The van der Waals surface area contributed by atoms with E-state index in [4.69, 9.17) is 21.1 Å². The Bertz CT molecular complexity index is 654. The number of ether oxygens (including phenoxy) is 2. The lowest BCUT2D eigenvalue weighted by Gasteiger charge is -2.15. The number of benzene rings is 2. The zero-order valence-corrected chi connectivity index (χ0v) is 12.6. The zero-order valence-electron chi connectivity index (χ0n) is 11.8. The van der Waals surface area contributed by atoms with Crippen molar-refractivity contribution in [1.82, 2.24) is 0 Å². The number of hydrogen-bond acceptors (Lipinski definition) is 3. The van der Waals surface area contributed by atoms with Crippen LogP contribution in [0.3, 0.4) is 0 Å². The normalized spacial score (nSPS) is 15.4. The topological polar surface area (TPSA) is 38.7 Å². The first kappa shape index (κ1) is 14.2. The number of hydrogen-bond donors (Lipinski definition) is 1. The minimum Gasteiger partial charge on any atom is -0.490 e. The van der Waals surface area contributed by atoms with Crippen LogP contribution in [0.1, 0.15) is 29.2 Å². The lowest BCUT2D eigenvalue weighted by Crippen LogP contribution is -2.01. The second-order valence-corrected chi connectivity index (χ2v) is 5.58. The lowest BCUT2D eigenvalue weighted by molar-refractivity contribution is 0.219. The van der Waals surface area contributed by atoms with E-state index < -0.39 is 6.10 Å². The molecule has 1 heterocycles. The fourth-order valence-corrected chi connectivity index (χ4v) is 2.51. The van der Waals surface area contributed by atoms with E-state index in [0.29, 0.717) is 24.0 Å². The number of rotatable bonds is 2. The van der Waals surface area contributed by atoms with Gasteiger partial charge in [-0.1, -0.05) is 29.8 Å². The van der Waals surface area contributed by atoms with E-state index in [9.17, 15) is 5.11 Å². The molecule has 0 fully saturated rings. The highest BCUT2D eigenvalue weighted by Gasteiger charge is 2.16. The summed E-state index contributed by atoms with van der Waals surface area (Å²) in [5, 5.41) is 11.2. The second-order valence-electron chi connectivity index (χ2n) is 5.17. The summed E-state index contributed by atoms with van der Waals surface area (Å²) in [7, 11) is 0. The molecule has 0 bridgehead atoms. The van der Waals surface area contributed by atoms with Crippen LogP contribution in [-0.4, -0.2) is 18.3 Å². The van der Waals surface area contributed by atoms with Gasteiger partial charge in [-0.3, -0.25) is 0 Å². The Morgan fingerprint density at radius 3 is 2.43 bits per heavy atom. The number of aliphatic hydroxyl groups excluding tert-OH is 1. The molecule has 0 radical (unpaired) electrons. The van der Waals surface area contributed by atoms with Crippen molar-refractivity contribution in [3.63, 3.8) is 0 Å². The number of fused-ring (bicyclic) bond motifs is 1. The van der Waals surface area contributed by atoms with Gasteiger partial charge in [-0.25, -0.2) is 0 Å². The van der Waals surface area contributed by atoms with Crippen LogP contribution in [0.25, 0.3) is 0 Å². The van der Waals surface area contributed by atoms with Crippen LogP contribution in [0, 0.1) is 6.92 Å². The molecule has 0 amide bonds. The molecule has 21 heavy (non-hydrogen) atoms. The van der Waals surface area contributed by atoms with Gasteiger partial charge in [0, 0.05) is 11.4 Å². The van der Waals surface area contributed by atoms with Gasteiger partial charge in [0.05, 0.1) is 13.2 Å². The van der Waals surface area contributed by atoms with Crippen molar-refractivity contribution in [3.8, 4) is 11.5 Å². The van der Waals surface area contributed by atoms with Crippen molar-refractivity contribution in [2.45, 2.75) is 19.4 Å². The second kappa shape index (κ2) is 5.96. The molecule has 0 aliphatic carbocycles. The van der Waals surface area contributed by atoms with Crippen LogP contribution < -0.4 is 9.47 Å². The maximum absolute atomic E-state index is 10.5. The predicted octanol–water partition coefficient (Wildman–Crippen LogP) is 3.89. The van der Waals surface area contributed by atoms with Crippen LogP contribution in [0.5, 0.6) is 11.5 Å². The Morgan fingerprint density at radius 1 is 1.00 bits per heavy atom. The van der Waals surface area contributed by atoms with Crippen LogP contribution in [0.4, 0.5) is 0 Å². The smallest absolute Gasteiger partial charge is 0.161 e. The third kappa shape index (κ3) is 2.99. The van der Waals surface area contributed by atoms with Crippen molar-refractivity contribution < 1.29 is 14.6 Å². The van der Waals surface area contributed by atoms with Gasteiger partial charge in [-0.2, -0.15) is 0 Å². The van der Waals surface area contributed by atoms with Crippen LogP contribution in [-0.2, 0) is 0 Å². The first-order valence-electron chi connectivity index (χ1n) is 6.99. The molecule has 1 aliphatic heterocycles. The molecule has 0 aromatic heterocycles. The summed E-state index contributed by atoms with van der Waals surface area (Å²) in [6, 6.07) is 11.1. The monoisotopic (exact) mass is 304 g/mol. The number of aryl methyl sites for hydroxylation is 1. The highest BCUT2D eigenvalue weighted by Crippen LogP contribution is 2.34. The average molecular weight is 305 g/mol. The van der Waals surface area contributed by atoms with Gasteiger partial charge in [0.1, 0.15) is 6.10 Å². The van der Waals surface area contributed by atoms with E-state index in [-0.39, 0.29) is 0 Å². The highest BCUT2D eigenvalue weighted by molar-refractivity contribution is 6.31. The third-order valence-electron chi connectivity index (χ3n) is 3.60. The standard InChI is InChI=1S/C17H17ClO3/c1-11-3-4-12(9-14(11)18)17(19)13-5-6-15-16(10-13)21-8-2-7-20-15/h3-6,9-10,17,19H,2,7-8H2,1H3. The molecule has 110 valence electrons. The van der Waals surface area contributed by atoms with Gasteiger partial charge < -0.3 is 14.6 Å². The molecule has 0 spiro atoms. The Kier molecular flexibility index (Phi) is 4.04. The minimum absolute atomic E-state index is 0.628. The average Bonchev–Trinajstić information content (AvgIpc) is 2.73. The molecule has 3 rings (SSSR count). The van der Waals surface area contributed by atoms with E-state index in [1.807, 2.05) is 37.3 Å². The number of aliphatic hydroxyl groups is 1. The summed E-state index contributed by atoms with van der Waals surface area (Å²) in [6.07, 6.45) is 0.125. The molecule has 3 nitrogen and oxygen atoms in total. The van der Waals surface area contributed by atoms with Crippen LogP contribution in [0.2, 0.25) is 5.02 Å². The molecule has 1 aliphatic rings. The Hall–Kier alpha value is -1.71. The summed E-state index contributed by atoms with van der Waals surface area (Å²) < 4.78 is 11.3. The molecule has 1 atom stereocenters. The molecular weight excluding hydrogens is 288 g/mol. The van der Waals surface area contributed by atoms with E-state index in [2.05, 4.69) is 0 Å². The van der Waals surface area contributed by atoms with Crippen molar-refractivity contribution in [2.75, 3.05) is 13.2 Å². The molecule has 1 N–H and O–H groups in total. The summed E-state index contributed by atoms with van der Waals surface area (Å²) in [5.74, 6) is 1.41. The molecule has 1 unspecified atom stereocenters. The summed E-state index contributed by atoms with van der Waals surface area (Å²) in [4.78, 5) is 0. The SMILES string of the molecule is Cc1ccc(C(O)c2ccc3c(c2)OCCCO3)cc1Cl. The van der Waals surface area contributed by atoms with E-state index in [1.54, 1.807) is 6.07 Å². The van der Waals surface area contributed by atoms with Crippen LogP contribution in [0.15, 0.2) is 36.4 Å². The zero-order chi connectivity index (χ0) is 14.8. The maximum Gasteiger partial charge on any atom is 0.161 e. The summed E-state index contributed by atoms with van der Waals surface area (Å²) >= 11 is 6.13. The Morgan fingerprint density at radius 2 is 1.67 bits per heavy atom. The first-order chi connectivity index (χ1) is 10.1. The summed E-state index contributed by atoms with van der Waals surface area (Å²) in [6.45, 7) is 3.22. The molecule has 4 heteroatoms. The molecule has 2 aromatic rings. The van der Waals surface area contributed by atoms with Gasteiger partial charge >= 0.3 is 0 Å². The fraction of sp³-hybridized carbons (Fsp3) is 0.294. The largest absolute Gasteiger partial charge is 0.490 e. The minimum atomic E-state index is -0.736. The molecule has 0 saturated heterocycles. The highest BCUT2D eigenvalue weighted by atomic mass is 35.5. The van der Waals surface area contributed by atoms with E-state index in [1.165, 1.54) is 0 Å². The quantitative estimate of drug-likeness (QED) is 0.915. The van der Waals surface area contributed by atoms with Crippen molar-refractivity contribution in [3.05, 3.63) is 58.1 Å². The lowest BCUT2D eigenvalue weighted by atomic mass is 10.00. The van der Waals surface area contributed by atoms with Crippen molar-refractivity contribution in [2.24, 2.45) is 0 Å². The van der Waals surface area contributed by atoms with Gasteiger partial charge in [0.25, 0.3) is 0 Å². The summed E-state index contributed by atoms with van der Waals surface area (Å²) in [5.41, 5.74) is 2.52. The molecule has 0 saturated carbocycles. The Labute approximate surface area is 129 Å². The van der Waals surface area contributed by atoms with Gasteiger partial charge in [0.2, 0.25) is 0 Å². The van der Waals surface area contributed by atoms with E-state index >= 15 is 0 Å².